The number of aliphatic hydroxyl groups is 1. The maximum absolute atomic E-state index is 13.5. The van der Waals surface area contributed by atoms with Crippen molar-refractivity contribution in [2.24, 2.45) is 11.1 Å². The highest BCUT2D eigenvalue weighted by Gasteiger charge is 2.46. The fourth-order valence-electron chi connectivity index (χ4n) is 5.33. The van der Waals surface area contributed by atoms with Crippen LogP contribution in [0.3, 0.4) is 0 Å². The van der Waals surface area contributed by atoms with E-state index >= 15 is 0 Å². The molecule has 2 aliphatic rings. The first-order valence-corrected chi connectivity index (χ1v) is 12.7. The van der Waals surface area contributed by atoms with Crippen molar-refractivity contribution < 1.29 is 23.9 Å². The number of imidazole rings is 1. The van der Waals surface area contributed by atoms with Crippen LogP contribution in [-0.2, 0) is 9.47 Å². The summed E-state index contributed by atoms with van der Waals surface area (Å²) in [5, 5.41) is 19.0. The second-order valence-electron chi connectivity index (χ2n) is 11.9. The number of carbonyl (C=O) groups is 1. The number of nitrogens with zero attached hydrogens (tertiary/aromatic N) is 4. The highest BCUT2D eigenvalue weighted by molar-refractivity contribution is 5.93. The number of fused-ring (bicyclic) bond motifs is 1. The SMILES string of the molecule is Cc1noc(C)c1-c1cc(C(O)C2CC(C)(C)OC2N=O)c2nc(C3CC3)n(C(=O)OC(C)(C)C)c2c1. The van der Waals surface area contributed by atoms with Gasteiger partial charge in [0.2, 0.25) is 0 Å². The van der Waals surface area contributed by atoms with Crippen LogP contribution in [0.25, 0.3) is 22.2 Å². The van der Waals surface area contributed by atoms with Gasteiger partial charge < -0.3 is 19.1 Å². The number of hydrogen-bond acceptors (Lipinski definition) is 9. The largest absolute Gasteiger partial charge is 0.443 e. The van der Waals surface area contributed by atoms with Gasteiger partial charge in [-0.2, -0.15) is 0 Å². The molecule has 0 spiro atoms. The smallest absolute Gasteiger partial charge is 0.420 e. The Morgan fingerprint density at radius 1 is 1.27 bits per heavy atom. The Balaban J connectivity index is 1.75. The molecule has 2 fully saturated rings. The minimum absolute atomic E-state index is 0.130. The second-order valence-corrected chi connectivity index (χ2v) is 11.9. The van der Waals surface area contributed by atoms with E-state index in [1.165, 1.54) is 4.57 Å². The summed E-state index contributed by atoms with van der Waals surface area (Å²) in [6.45, 7) is 12.9. The summed E-state index contributed by atoms with van der Waals surface area (Å²) in [5.74, 6) is 0.778. The van der Waals surface area contributed by atoms with Gasteiger partial charge in [0.05, 0.1) is 28.4 Å². The minimum Gasteiger partial charge on any atom is -0.443 e. The molecule has 10 nitrogen and oxygen atoms in total. The number of ether oxygens (including phenoxy) is 2. The van der Waals surface area contributed by atoms with Crippen LogP contribution in [0.1, 0.15) is 88.7 Å². The highest BCUT2D eigenvalue weighted by Crippen LogP contribution is 2.46. The summed E-state index contributed by atoms with van der Waals surface area (Å²) in [5.41, 5.74) is 2.37. The van der Waals surface area contributed by atoms with Gasteiger partial charge in [0.25, 0.3) is 0 Å². The van der Waals surface area contributed by atoms with Crippen molar-refractivity contribution in [3.05, 3.63) is 39.9 Å². The van der Waals surface area contributed by atoms with Gasteiger partial charge >= 0.3 is 6.09 Å². The van der Waals surface area contributed by atoms with E-state index in [0.29, 0.717) is 40.3 Å². The molecule has 37 heavy (non-hydrogen) atoms. The number of aromatic nitrogens is 3. The molecule has 3 heterocycles. The van der Waals surface area contributed by atoms with E-state index in [-0.39, 0.29) is 5.92 Å². The Labute approximate surface area is 215 Å². The third kappa shape index (κ3) is 4.68. The van der Waals surface area contributed by atoms with Crippen LogP contribution < -0.4 is 0 Å². The number of carbonyl (C=O) groups excluding carboxylic acids is 1. The lowest BCUT2D eigenvalue weighted by atomic mass is 9.86. The topological polar surface area (TPSA) is 129 Å². The molecule has 1 saturated heterocycles. The third-order valence-electron chi connectivity index (χ3n) is 7.02. The minimum atomic E-state index is -1.11. The van der Waals surface area contributed by atoms with Crippen molar-refractivity contribution in [2.75, 3.05) is 0 Å². The Kier molecular flexibility index (Phi) is 6.03. The molecule has 1 aromatic carbocycles. The van der Waals surface area contributed by atoms with E-state index in [1.54, 1.807) is 0 Å². The average Bonchev–Trinajstić information content (AvgIpc) is 3.38. The molecule has 3 unspecified atom stereocenters. The molecule has 0 bridgehead atoms. The quantitative estimate of drug-likeness (QED) is 0.419. The third-order valence-corrected chi connectivity index (χ3v) is 7.02. The number of rotatable bonds is 5. The van der Waals surface area contributed by atoms with Gasteiger partial charge in [-0.3, -0.25) is 0 Å². The molecular formula is C27H34N4O6. The van der Waals surface area contributed by atoms with Crippen LogP contribution in [0, 0.1) is 24.7 Å². The van der Waals surface area contributed by atoms with E-state index in [4.69, 9.17) is 19.0 Å². The molecule has 3 atom stereocenters. The summed E-state index contributed by atoms with van der Waals surface area (Å²) >= 11 is 0. The average molecular weight is 511 g/mol. The Morgan fingerprint density at radius 2 is 1.97 bits per heavy atom. The van der Waals surface area contributed by atoms with E-state index < -0.39 is 35.5 Å². The molecule has 1 N–H and O–H groups in total. The van der Waals surface area contributed by atoms with Gasteiger partial charge in [-0.05, 0) is 90.6 Å². The van der Waals surface area contributed by atoms with Crippen LogP contribution in [0.15, 0.2) is 21.8 Å². The number of benzene rings is 1. The van der Waals surface area contributed by atoms with Crippen molar-refractivity contribution in [3.8, 4) is 11.1 Å². The van der Waals surface area contributed by atoms with Crippen LogP contribution in [0.5, 0.6) is 0 Å². The molecule has 2 aromatic heterocycles. The maximum atomic E-state index is 13.5. The van der Waals surface area contributed by atoms with Crippen molar-refractivity contribution in [1.29, 1.82) is 0 Å². The van der Waals surface area contributed by atoms with Crippen molar-refractivity contribution in [2.45, 2.75) is 97.2 Å². The zero-order valence-electron chi connectivity index (χ0n) is 22.4. The number of aliphatic hydroxyl groups excluding tert-OH is 1. The molecule has 1 saturated carbocycles. The van der Waals surface area contributed by atoms with Crippen LogP contribution >= 0.6 is 0 Å². The second kappa shape index (κ2) is 8.73. The van der Waals surface area contributed by atoms with Crippen molar-refractivity contribution in [3.63, 3.8) is 0 Å². The van der Waals surface area contributed by atoms with E-state index in [0.717, 1.165) is 24.0 Å². The summed E-state index contributed by atoms with van der Waals surface area (Å²) in [7, 11) is 0. The number of aryl methyl sites for hydroxylation is 2. The van der Waals surface area contributed by atoms with Gasteiger partial charge in [0.1, 0.15) is 17.2 Å². The Morgan fingerprint density at radius 3 is 2.54 bits per heavy atom. The fraction of sp³-hybridized carbons (Fsp3) is 0.593. The molecule has 10 heteroatoms. The Hall–Kier alpha value is -3.11. The fourth-order valence-corrected chi connectivity index (χ4v) is 5.33. The molecule has 198 valence electrons. The van der Waals surface area contributed by atoms with Crippen LogP contribution in [0.2, 0.25) is 0 Å². The first-order valence-electron chi connectivity index (χ1n) is 12.7. The standard InChI is InChI=1S/C27H34N4O6/c1-13-20(14(2)37-30-13)16-10-17(22(32)18-12-27(6,7)35-24(18)29-34)21-19(11-16)31(23(28-21)15-8-9-15)25(33)36-26(3,4)5/h10-11,15,18,22,24,32H,8-9,12H2,1-7H3. The van der Waals surface area contributed by atoms with E-state index in [1.807, 2.05) is 60.6 Å². The van der Waals surface area contributed by atoms with Gasteiger partial charge in [0, 0.05) is 23.0 Å². The van der Waals surface area contributed by atoms with Gasteiger partial charge in [-0.25, -0.2) is 14.3 Å². The molecule has 1 aliphatic heterocycles. The van der Waals surface area contributed by atoms with Crippen molar-refractivity contribution in [1.82, 2.24) is 14.7 Å². The molecule has 0 radical (unpaired) electrons. The summed E-state index contributed by atoms with van der Waals surface area (Å²) in [4.78, 5) is 30.0. The normalized spacial score (nSPS) is 22.4. The number of hydrogen-bond donors (Lipinski definition) is 1. The monoisotopic (exact) mass is 510 g/mol. The lowest BCUT2D eigenvalue weighted by molar-refractivity contribution is -0.0277. The van der Waals surface area contributed by atoms with E-state index in [9.17, 15) is 14.8 Å². The van der Waals surface area contributed by atoms with Crippen LogP contribution in [0.4, 0.5) is 4.79 Å². The van der Waals surface area contributed by atoms with Gasteiger partial charge in [0.15, 0.2) is 6.23 Å². The van der Waals surface area contributed by atoms with E-state index in [2.05, 4.69) is 10.3 Å². The van der Waals surface area contributed by atoms with Gasteiger partial charge in [-0.15, -0.1) is 4.91 Å². The Bertz CT molecular complexity index is 1360. The predicted octanol–water partition coefficient (Wildman–Crippen LogP) is 5.91. The van der Waals surface area contributed by atoms with Crippen molar-refractivity contribution >= 4 is 17.1 Å². The highest BCUT2D eigenvalue weighted by atomic mass is 16.6. The molecule has 0 amide bonds. The summed E-state index contributed by atoms with van der Waals surface area (Å²) in [6.07, 6.45) is -0.361. The zero-order chi connectivity index (χ0) is 26.9. The van der Waals surface area contributed by atoms with Crippen LogP contribution in [-0.4, -0.2) is 43.3 Å². The summed E-state index contributed by atoms with van der Waals surface area (Å²) in [6, 6.07) is 3.71. The maximum Gasteiger partial charge on any atom is 0.420 e. The zero-order valence-corrected chi connectivity index (χ0v) is 22.4. The first kappa shape index (κ1) is 25.5. The molecule has 3 aromatic rings. The predicted molar refractivity (Wildman–Crippen MR) is 136 cm³/mol. The molecule has 5 rings (SSSR count). The van der Waals surface area contributed by atoms with Gasteiger partial charge in [-0.1, -0.05) is 5.16 Å². The summed E-state index contributed by atoms with van der Waals surface area (Å²) < 4.78 is 18.5. The lowest BCUT2D eigenvalue weighted by Gasteiger charge is -2.22. The number of nitroso groups, excluding NO2 is 1. The molecular weight excluding hydrogens is 476 g/mol. The lowest BCUT2D eigenvalue weighted by Crippen LogP contribution is -2.28. The first-order chi connectivity index (χ1) is 17.3. The molecule has 1 aliphatic carbocycles.